The number of carbonyl (C=O) groups excluding carboxylic acids is 1. The summed E-state index contributed by atoms with van der Waals surface area (Å²) in [6.45, 7) is 5.26. The number of piperidine rings is 1. The van der Waals surface area contributed by atoms with Gasteiger partial charge in [0.1, 0.15) is 5.82 Å². The van der Waals surface area contributed by atoms with Gasteiger partial charge in [0.05, 0.1) is 0 Å². The Morgan fingerprint density at radius 1 is 1.03 bits per heavy atom. The second kappa shape index (κ2) is 8.90. The molecule has 2 aliphatic heterocycles. The largest absolute Gasteiger partial charge is 0.453 e. The highest BCUT2D eigenvalue weighted by atomic mass is 32.1. The maximum atomic E-state index is 13.1. The summed E-state index contributed by atoms with van der Waals surface area (Å²) in [4.78, 5) is 20.6. The van der Waals surface area contributed by atoms with E-state index < -0.39 is 12.0 Å². The van der Waals surface area contributed by atoms with Crippen LogP contribution in [-0.4, -0.2) is 74.8 Å². The van der Waals surface area contributed by atoms with E-state index in [9.17, 15) is 18.0 Å². The van der Waals surface area contributed by atoms with E-state index in [1.807, 2.05) is 9.80 Å². The highest BCUT2D eigenvalue weighted by Gasteiger charge is 2.38. The number of aromatic nitrogens is 4. The van der Waals surface area contributed by atoms with Crippen molar-refractivity contribution >= 4 is 28.7 Å². The quantitative estimate of drug-likeness (QED) is 0.573. The molecular weight excluding hydrogens is 455 g/mol. The van der Waals surface area contributed by atoms with E-state index in [0.717, 1.165) is 37.2 Å². The van der Waals surface area contributed by atoms with Crippen molar-refractivity contribution in [2.24, 2.45) is 5.92 Å². The zero-order valence-corrected chi connectivity index (χ0v) is 18.7. The first-order valence-corrected chi connectivity index (χ1v) is 11.8. The SMILES string of the molecule is O=C(C1CCN(c2ccc3nnc(C(F)(F)F)n3n2)CC1)N1CCN(Cc2cccs2)CC1. The second-order valence-electron chi connectivity index (χ2n) is 8.43. The van der Waals surface area contributed by atoms with Crippen LogP contribution in [0.2, 0.25) is 0 Å². The summed E-state index contributed by atoms with van der Waals surface area (Å²) >= 11 is 1.75. The molecule has 8 nitrogen and oxygen atoms in total. The van der Waals surface area contributed by atoms with Crippen molar-refractivity contribution in [3.8, 4) is 0 Å². The number of hydrogen-bond acceptors (Lipinski definition) is 7. The smallest absolute Gasteiger partial charge is 0.355 e. The summed E-state index contributed by atoms with van der Waals surface area (Å²) in [6.07, 6.45) is -3.32. The average molecular weight is 480 g/mol. The van der Waals surface area contributed by atoms with Crippen molar-refractivity contribution in [3.63, 3.8) is 0 Å². The van der Waals surface area contributed by atoms with Crippen molar-refractivity contribution in [2.75, 3.05) is 44.2 Å². The van der Waals surface area contributed by atoms with Gasteiger partial charge in [-0.15, -0.1) is 26.6 Å². The Hall–Kier alpha value is -2.73. The van der Waals surface area contributed by atoms with E-state index in [0.29, 0.717) is 31.7 Å². The van der Waals surface area contributed by atoms with Gasteiger partial charge in [-0.1, -0.05) is 6.07 Å². The monoisotopic (exact) mass is 479 g/mol. The Labute approximate surface area is 192 Å². The standard InChI is InChI=1S/C21H24F3N7OS/c22-21(23,24)20-26-25-17-3-4-18(27-31(17)20)29-7-5-15(6-8-29)19(32)30-11-9-28(10-12-30)14-16-2-1-13-33-16/h1-4,13,15H,5-12,14H2. The summed E-state index contributed by atoms with van der Waals surface area (Å²) in [5.74, 6) is -0.579. The molecule has 0 aromatic carbocycles. The lowest BCUT2D eigenvalue weighted by Gasteiger charge is -2.38. The molecule has 0 bridgehead atoms. The molecule has 3 aromatic rings. The van der Waals surface area contributed by atoms with Gasteiger partial charge < -0.3 is 9.80 Å². The number of anilines is 1. The molecule has 1 amide bonds. The van der Waals surface area contributed by atoms with Crippen LogP contribution in [0.15, 0.2) is 29.6 Å². The van der Waals surface area contributed by atoms with E-state index in [2.05, 4.69) is 37.7 Å². The minimum atomic E-state index is -4.63. The first-order chi connectivity index (χ1) is 15.9. The van der Waals surface area contributed by atoms with Gasteiger partial charge in [-0.3, -0.25) is 9.69 Å². The Kier molecular flexibility index (Phi) is 5.95. The Morgan fingerprint density at radius 2 is 1.79 bits per heavy atom. The van der Waals surface area contributed by atoms with Crippen molar-refractivity contribution in [1.29, 1.82) is 0 Å². The average Bonchev–Trinajstić information content (AvgIpc) is 3.48. The molecule has 0 aliphatic carbocycles. The minimum absolute atomic E-state index is 0.0503. The summed E-state index contributed by atoms with van der Waals surface area (Å²) in [5.41, 5.74) is 0.0503. The fourth-order valence-electron chi connectivity index (χ4n) is 4.49. The molecular formula is C21H24F3N7OS. The number of rotatable bonds is 4. The van der Waals surface area contributed by atoms with Gasteiger partial charge in [0.25, 0.3) is 5.82 Å². The summed E-state index contributed by atoms with van der Waals surface area (Å²) < 4.78 is 40.2. The summed E-state index contributed by atoms with van der Waals surface area (Å²) in [5, 5.41) is 13.0. The Bertz CT molecular complexity index is 1100. The van der Waals surface area contributed by atoms with Crippen LogP contribution in [0.3, 0.4) is 0 Å². The summed E-state index contributed by atoms with van der Waals surface area (Å²) in [6, 6.07) is 7.33. The highest BCUT2D eigenvalue weighted by Crippen LogP contribution is 2.29. The van der Waals surface area contributed by atoms with Gasteiger partial charge in [0, 0.05) is 56.6 Å². The van der Waals surface area contributed by atoms with Gasteiger partial charge in [-0.25, -0.2) is 0 Å². The summed E-state index contributed by atoms with van der Waals surface area (Å²) in [7, 11) is 0. The topological polar surface area (TPSA) is 69.9 Å². The molecule has 0 saturated carbocycles. The van der Waals surface area contributed by atoms with Crippen LogP contribution < -0.4 is 4.90 Å². The highest BCUT2D eigenvalue weighted by molar-refractivity contribution is 7.09. The minimum Gasteiger partial charge on any atom is -0.355 e. The van der Waals surface area contributed by atoms with E-state index in [1.54, 1.807) is 17.4 Å². The predicted octanol–water partition coefficient (Wildman–Crippen LogP) is 2.77. The molecule has 33 heavy (non-hydrogen) atoms. The number of halogens is 3. The number of nitrogens with zero attached hydrogens (tertiary/aromatic N) is 7. The number of fused-ring (bicyclic) bond motifs is 1. The van der Waals surface area contributed by atoms with Gasteiger partial charge in [0.2, 0.25) is 5.91 Å². The van der Waals surface area contributed by atoms with Crippen LogP contribution in [0, 0.1) is 5.92 Å². The van der Waals surface area contributed by atoms with Gasteiger partial charge in [0.15, 0.2) is 5.65 Å². The molecule has 2 aliphatic rings. The Morgan fingerprint density at radius 3 is 2.45 bits per heavy atom. The molecule has 2 saturated heterocycles. The van der Waals surface area contributed by atoms with E-state index in [1.165, 1.54) is 10.9 Å². The fourth-order valence-corrected chi connectivity index (χ4v) is 5.23. The molecule has 3 aromatic heterocycles. The molecule has 0 radical (unpaired) electrons. The maximum absolute atomic E-state index is 13.1. The number of thiophene rings is 1. The van der Waals surface area contributed by atoms with Crippen molar-refractivity contribution in [2.45, 2.75) is 25.6 Å². The van der Waals surface area contributed by atoms with E-state index in [-0.39, 0.29) is 17.5 Å². The predicted molar refractivity (Wildman–Crippen MR) is 117 cm³/mol. The molecule has 0 unspecified atom stereocenters. The molecule has 5 rings (SSSR count). The van der Waals surface area contributed by atoms with Gasteiger partial charge in [-0.2, -0.15) is 17.7 Å². The van der Waals surface area contributed by atoms with Gasteiger partial charge >= 0.3 is 6.18 Å². The molecule has 0 atom stereocenters. The van der Waals surface area contributed by atoms with Crippen LogP contribution in [0.25, 0.3) is 5.65 Å². The maximum Gasteiger partial charge on any atom is 0.453 e. The van der Waals surface area contributed by atoms with E-state index >= 15 is 0 Å². The Balaban J connectivity index is 1.16. The molecule has 176 valence electrons. The van der Waals surface area contributed by atoms with Crippen molar-refractivity contribution < 1.29 is 18.0 Å². The first-order valence-electron chi connectivity index (χ1n) is 11.0. The van der Waals surface area contributed by atoms with Crippen LogP contribution >= 0.6 is 11.3 Å². The number of hydrogen-bond donors (Lipinski definition) is 0. The number of alkyl halides is 3. The lowest BCUT2D eigenvalue weighted by atomic mass is 9.95. The van der Waals surface area contributed by atoms with Crippen LogP contribution in [0.1, 0.15) is 23.5 Å². The second-order valence-corrected chi connectivity index (χ2v) is 9.46. The molecule has 0 spiro atoms. The number of piperazine rings is 1. The van der Waals surface area contributed by atoms with Crippen LogP contribution in [-0.2, 0) is 17.5 Å². The molecule has 12 heteroatoms. The van der Waals surface area contributed by atoms with Crippen LogP contribution in [0.4, 0.5) is 19.0 Å². The van der Waals surface area contributed by atoms with Gasteiger partial charge in [-0.05, 0) is 36.4 Å². The third kappa shape index (κ3) is 4.67. The normalized spacial score (nSPS) is 18.9. The number of amides is 1. The molecule has 5 heterocycles. The molecule has 0 N–H and O–H groups in total. The van der Waals surface area contributed by atoms with Crippen molar-refractivity contribution in [3.05, 3.63) is 40.3 Å². The van der Waals surface area contributed by atoms with Crippen molar-refractivity contribution in [1.82, 2.24) is 29.6 Å². The zero-order chi connectivity index (χ0) is 23.0. The number of carbonyl (C=O) groups is 1. The zero-order valence-electron chi connectivity index (χ0n) is 17.9. The third-order valence-corrected chi connectivity index (χ3v) is 7.18. The lowest BCUT2D eigenvalue weighted by molar-refractivity contribution is -0.146. The molecule has 2 fully saturated rings. The lowest BCUT2D eigenvalue weighted by Crippen LogP contribution is -2.51. The van der Waals surface area contributed by atoms with Crippen LogP contribution in [0.5, 0.6) is 0 Å². The first kappa shape index (κ1) is 22.1. The fraction of sp³-hybridized carbons (Fsp3) is 0.524. The third-order valence-electron chi connectivity index (χ3n) is 6.31. The van der Waals surface area contributed by atoms with E-state index in [4.69, 9.17) is 0 Å².